The minimum Gasteiger partial charge on any atom is -0.339 e. The summed E-state index contributed by atoms with van der Waals surface area (Å²) in [4.78, 5) is 4.51. The van der Waals surface area contributed by atoms with Crippen LogP contribution < -0.4 is 5.32 Å². The van der Waals surface area contributed by atoms with Gasteiger partial charge in [-0.2, -0.15) is 4.98 Å². The van der Waals surface area contributed by atoms with Crippen molar-refractivity contribution in [1.82, 2.24) is 15.5 Å². The summed E-state index contributed by atoms with van der Waals surface area (Å²) in [5.74, 6) is 2.49. The molecule has 0 saturated carbocycles. The number of hydrogen-bond donors (Lipinski definition) is 1. The van der Waals surface area contributed by atoms with Gasteiger partial charge in [0, 0.05) is 16.8 Å². The van der Waals surface area contributed by atoms with E-state index >= 15 is 0 Å². The van der Waals surface area contributed by atoms with Gasteiger partial charge in [0.1, 0.15) is 0 Å². The van der Waals surface area contributed by atoms with Crippen LogP contribution in [0.1, 0.15) is 30.1 Å². The Hall–Kier alpha value is -1.20. The third kappa shape index (κ3) is 2.87. The Labute approximate surface area is 120 Å². The zero-order valence-electron chi connectivity index (χ0n) is 10.8. The molecule has 2 heterocycles. The van der Waals surface area contributed by atoms with Crippen molar-refractivity contribution in [2.45, 2.75) is 19.3 Å². The summed E-state index contributed by atoms with van der Waals surface area (Å²) < 4.78 is 6.46. The van der Waals surface area contributed by atoms with Crippen LogP contribution in [0.2, 0.25) is 0 Å². The van der Waals surface area contributed by atoms with E-state index in [0.29, 0.717) is 18.3 Å². The summed E-state index contributed by atoms with van der Waals surface area (Å²) in [5.41, 5.74) is 1.19. The molecule has 0 spiro atoms. The van der Waals surface area contributed by atoms with Crippen LogP contribution in [-0.2, 0) is 6.42 Å². The summed E-state index contributed by atoms with van der Waals surface area (Å²) in [6, 6.07) is 8.19. The average Bonchev–Trinajstić information content (AvgIpc) is 2.78. The van der Waals surface area contributed by atoms with E-state index in [1.54, 1.807) is 0 Å². The van der Waals surface area contributed by atoms with Crippen LogP contribution in [0.4, 0.5) is 0 Å². The van der Waals surface area contributed by atoms with Gasteiger partial charge in [0.2, 0.25) is 5.89 Å². The number of rotatable bonds is 4. The maximum Gasteiger partial charge on any atom is 0.229 e. The smallest absolute Gasteiger partial charge is 0.229 e. The Balaban J connectivity index is 1.68. The number of hydrogen-bond acceptors (Lipinski definition) is 4. The molecule has 3 rings (SSSR count). The third-order valence-electron chi connectivity index (χ3n) is 3.67. The molecule has 2 aromatic rings. The second-order valence-corrected chi connectivity index (χ2v) is 5.97. The first kappa shape index (κ1) is 12.8. The van der Waals surface area contributed by atoms with Crippen molar-refractivity contribution in [2.75, 3.05) is 13.1 Å². The topological polar surface area (TPSA) is 51.0 Å². The largest absolute Gasteiger partial charge is 0.339 e. The Bertz CT molecular complexity index is 548. The molecule has 1 aromatic heterocycles. The van der Waals surface area contributed by atoms with Crippen molar-refractivity contribution < 1.29 is 4.52 Å². The first-order valence-corrected chi connectivity index (χ1v) is 7.29. The van der Waals surface area contributed by atoms with Crippen molar-refractivity contribution >= 4 is 15.9 Å². The van der Waals surface area contributed by atoms with Crippen LogP contribution in [0, 0.1) is 5.92 Å². The molecule has 1 saturated heterocycles. The van der Waals surface area contributed by atoms with Crippen molar-refractivity contribution in [2.24, 2.45) is 5.92 Å². The van der Waals surface area contributed by atoms with Crippen molar-refractivity contribution in [1.29, 1.82) is 0 Å². The van der Waals surface area contributed by atoms with E-state index in [9.17, 15) is 0 Å². The molecule has 5 heteroatoms. The predicted molar refractivity (Wildman–Crippen MR) is 76.0 cm³/mol. The predicted octanol–water partition coefficient (Wildman–Crippen LogP) is 2.75. The normalized spacial score (nSPS) is 17.2. The molecule has 1 unspecified atom stereocenters. The quantitative estimate of drug-likeness (QED) is 0.940. The molecule has 1 aliphatic rings. The van der Waals surface area contributed by atoms with Gasteiger partial charge < -0.3 is 9.84 Å². The van der Waals surface area contributed by atoms with Gasteiger partial charge in [-0.15, -0.1) is 0 Å². The number of aromatic nitrogens is 2. The van der Waals surface area contributed by atoms with Crippen LogP contribution in [0.3, 0.4) is 0 Å². The third-order valence-corrected chi connectivity index (χ3v) is 4.20. The maximum absolute atomic E-state index is 5.38. The molecule has 100 valence electrons. The van der Waals surface area contributed by atoms with Gasteiger partial charge in [0.15, 0.2) is 5.82 Å². The maximum atomic E-state index is 5.38. The molecule has 1 N–H and O–H groups in total. The number of benzene rings is 1. The highest BCUT2D eigenvalue weighted by Gasteiger charge is 2.28. The Morgan fingerprint density at radius 2 is 2.11 bits per heavy atom. The number of nitrogens with one attached hydrogen (secondary N) is 1. The lowest BCUT2D eigenvalue weighted by atomic mass is 9.89. The molecule has 0 radical (unpaired) electrons. The summed E-state index contributed by atoms with van der Waals surface area (Å²) in [7, 11) is 0. The fourth-order valence-corrected chi connectivity index (χ4v) is 2.44. The Morgan fingerprint density at radius 3 is 2.74 bits per heavy atom. The van der Waals surface area contributed by atoms with Gasteiger partial charge in [-0.25, -0.2) is 0 Å². The molecule has 1 aromatic carbocycles. The van der Waals surface area contributed by atoms with E-state index in [0.717, 1.165) is 29.3 Å². The second-order valence-electron chi connectivity index (χ2n) is 5.06. The zero-order valence-corrected chi connectivity index (χ0v) is 12.4. The van der Waals surface area contributed by atoms with E-state index in [1.807, 2.05) is 12.1 Å². The molecule has 0 bridgehead atoms. The van der Waals surface area contributed by atoms with E-state index in [-0.39, 0.29) is 0 Å². The van der Waals surface area contributed by atoms with Crippen LogP contribution in [0.15, 0.2) is 33.3 Å². The van der Waals surface area contributed by atoms with E-state index in [2.05, 4.69) is 50.4 Å². The molecule has 19 heavy (non-hydrogen) atoms. The number of halogens is 1. The van der Waals surface area contributed by atoms with Crippen molar-refractivity contribution in [3.05, 3.63) is 46.0 Å². The van der Waals surface area contributed by atoms with Gasteiger partial charge >= 0.3 is 0 Å². The Kier molecular flexibility index (Phi) is 3.66. The first-order valence-electron chi connectivity index (χ1n) is 6.50. The lowest BCUT2D eigenvalue weighted by molar-refractivity contribution is 0.252. The summed E-state index contributed by atoms with van der Waals surface area (Å²) in [5, 5.41) is 7.35. The van der Waals surface area contributed by atoms with Gasteiger partial charge in [-0.1, -0.05) is 40.1 Å². The van der Waals surface area contributed by atoms with Gasteiger partial charge in [0.05, 0.1) is 0 Å². The zero-order chi connectivity index (χ0) is 13.2. The van der Waals surface area contributed by atoms with E-state index in [4.69, 9.17) is 4.52 Å². The molecule has 4 nitrogen and oxygen atoms in total. The van der Waals surface area contributed by atoms with Crippen molar-refractivity contribution in [3.63, 3.8) is 0 Å². The average molecular weight is 322 g/mol. The van der Waals surface area contributed by atoms with Crippen LogP contribution in [0.5, 0.6) is 0 Å². The van der Waals surface area contributed by atoms with Gasteiger partial charge in [-0.3, -0.25) is 0 Å². The van der Waals surface area contributed by atoms with Crippen molar-refractivity contribution in [3.8, 4) is 0 Å². The fraction of sp³-hybridized carbons (Fsp3) is 0.429. The second kappa shape index (κ2) is 5.43. The van der Waals surface area contributed by atoms with Crippen LogP contribution in [0.25, 0.3) is 0 Å². The Morgan fingerprint density at radius 1 is 1.37 bits per heavy atom. The molecule has 0 aliphatic carbocycles. The lowest BCUT2D eigenvalue weighted by Gasteiger charge is -2.30. The van der Waals surface area contributed by atoms with Crippen LogP contribution >= 0.6 is 15.9 Å². The lowest BCUT2D eigenvalue weighted by Crippen LogP contribution is -2.44. The SMILES string of the molecule is CC(c1nc(Cc2ccc(Br)cc2)no1)C1CNC1. The highest BCUT2D eigenvalue weighted by atomic mass is 79.9. The minimum absolute atomic E-state index is 0.340. The first-order chi connectivity index (χ1) is 9.22. The van der Waals surface area contributed by atoms with Gasteiger partial charge in [-0.05, 0) is 36.7 Å². The highest BCUT2D eigenvalue weighted by molar-refractivity contribution is 9.10. The fourth-order valence-electron chi connectivity index (χ4n) is 2.18. The summed E-state index contributed by atoms with van der Waals surface area (Å²) >= 11 is 3.43. The van der Waals surface area contributed by atoms with Crippen LogP contribution in [-0.4, -0.2) is 23.2 Å². The number of nitrogens with zero attached hydrogens (tertiary/aromatic N) is 2. The molecular weight excluding hydrogens is 306 g/mol. The molecule has 1 fully saturated rings. The highest BCUT2D eigenvalue weighted by Crippen LogP contribution is 2.25. The standard InChI is InChI=1S/C14H16BrN3O/c1-9(11-7-16-8-11)14-17-13(18-19-14)6-10-2-4-12(15)5-3-10/h2-5,9,11,16H,6-8H2,1H3. The van der Waals surface area contributed by atoms with E-state index in [1.165, 1.54) is 5.56 Å². The van der Waals surface area contributed by atoms with E-state index < -0.39 is 0 Å². The monoisotopic (exact) mass is 321 g/mol. The molecule has 0 amide bonds. The molecular formula is C14H16BrN3O. The molecule has 1 atom stereocenters. The summed E-state index contributed by atoms with van der Waals surface area (Å²) in [6.07, 6.45) is 0.715. The summed E-state index contributed by atoms with van der Waals surface area (Å²) in [6.45, 7) is 4.25. The molecule has 1 aliphatic heterocycles. The van der Waals surface area contributed by atoms with Gasteiger partial charge in [0.25, 0.3) is 0 Å². The minimum atomic E-state index is 0.340.